The summed E-state index contributed by atoms with van der Waals surface area (Å²) in [6.07, 6.45) is 9.08. The molecule has 0 atom stereocenters. The van der Waals surface area contributed by atoms with Crippen LogP contribution >= 0.6 is 0 Å². The maximum atomic E-state index is 10.0. The SMILES string of the molecule is CC(=O)C=C(C)O.CC(=O)C=C(C)O.CC(=O)C=C(C)O.Cc1ccc2c(n1)oc1c(-c3cc4oc(-c5c(C)cc(C(C)(C)C)cc5C)cc4cn3)[c-]ccc12.Cc1ccc2c(n1)oc1c(-c3cc4oc(-c5cc(C(C)(C)C)cc(C(C)(C)C)c5)cc4cn3)[c-]ccc12.Cc1ccc2c(n1)oc1c(-c3cc4oc(-c5ccc(C(C)C)cc5)cc4cn3)[c-]ccc12.[Ir].[Ir].[Ir]. The van der Waals surface area contributed by atoms with Gasteiger partial charge in [0.1, 0.15) is 34.0 Å². The Morgan fingerprint density at radius 1 is 0.359 bits per heavy atom. The molecule has 0 aliphatic heterocycles. The van der Waals surface area contributed by atoms with Crippen LogP contribution in [0.1, 0.15) is 174 Å². The maximum absolute atomic E-state index is 10.0. The molecule has 0 aliphatic rings. The topological polar surface area (TPSA) is 268 Å². The average Bonchev–Trinajstić information content (AvgIpc) is 1.63. The van der Waals surface area contributed by atoms with Crippen LogP contribution in [0.15, 0.2) is 244 Å². The fourth-order valence-electron chi connectivity index (χ4n) is 14.7. The Labute approximate surface area is 785 Å². The van der Waals surface area contributed by atoms with Crippen LogP contribution in [0.4, 0.5) is 0 Å². The Hall–Kier alpha value is -12.2. The van der Waals surface area contributed by atoms with Gasteiger partial charge in [-0.15, -0.1) is 54.6 Å². The predicted molar refractivity (Wildman–Crippen MR) is 501 cm³/mol. The Bertz CT molecular complexity index is 7140. The molecule has 0 bridgehead atoms. The van der Waals surface area contributed by atoms with Gasteiger partial charge >= 0.3 is 0 Å². The predicted octanol–water partition coefficient (Wildman–Crippen LogP) is 28.4. The zero-order chi connectivity index (χ0) is 90.0. The number of aryl methyl sites for hydroxylation is 5. The minimum atomic E-state index is -0.125. The van der Waals surface area contributed by atoms with Crippen LogP contribution in [0.2, 0.25) is 0 Å². The van der Waals surface area contributed by atoms with E-state index in [0.29, 0.717) is 23.1 Å². The van der Waals surface area contributed by atoms with Gasteiger partial charge in [-0.2, -0.15) is 0 Å². The van der Waals surface area contributed by atoms with E-state index in [9.17, 15) is 14.4 Å². The molecule has 0 saturated heterocycles. The Balaban J connectivity index is 0.000000178. The van der Waals surface area contributed by atoms with Gasteiger partial charge in [0, 0.05) is 163 Å². The van der Waals surface area contributed by atoms with Crippen molar-refractivity contribution in [3.05, 3.63) is 287 Å². The zero-order valence-electron chi connectivity index (χ0n) is 75.8. The number of aromatic nitrogens is 6. The number of allylic oxidation sites excluding steroid dienone is 6. The van der Waals surface area contributed by atoms with Crippen molar-refractivity contribution < 1.29 is 117 Å². The number of rotatable bonds is 10. The van der Waals surface area contributed by atoms with E-state index in [1.54, 1.807) is 0 Å². The van der Waals surface area contributed by atoms with E-state index in [1.807, 2.05) is 124 Å². The fourth-order valence-corrected chi connectivity index (χ4v) is 14.7. The summed E-state index contributed by atoms with van der Waals surface area (Å²) in [5.41, 5.74) is 25.0. The van der Waals surface area contributed by atoms with Crippen molar-refractivity contribution in [2.75, 3.05) is 0 Å². The van der Waals surface area contributed by atoms with E-state index in [0.717, 1.165) is 167 Å². The molecule has 663 valence electrons. The summed E-state index contributed by atoms with van der Waals surface area (Å²) in [4.78, 5) is 57.9. The van der Waals surface area contributed by atoms with E-state index >= 15 is 0 Å². The summed E-state index contributed by atoms with van der Waals surface area (Å²) < 4.78 is 37.5. The van der Waals surface area contributed by atoms with Crippen LogP contribution in [0.5, 0.6) is 0 Å². The minimum absolute atomic E-state index is 0. The number of aliphatic hydroxyl groups is 3. The minimum Gasteiger partial charge on any atom is -0.512 e. The normalized spacial score (nSPS) is 11.9. The van der Waals surface area contributed by atoms with Crippen molar-refractivity contribution in [3.8, 4) is 67.7 Å². The third-order valence-corrected chi connectivity index (χ3v) is 21.0. The second kappa shape index (κ2) is 40.4. The summed E-state index contributed by atoms with van der Waals surface area (Å²) in [7, 11) is 0. The third kappa shape index (κ3) is 22.8. The van der Waals surface area contributed by atoms with Crippen molar-refractivity contribution in [1.29, 1.82) is 0 Å². The molecule has 3 radical (unpaired) electrons. The number of furan rings is 6. The average molecular weight is 2240 g/mol. The fraction of sp³-hybridized carbons (Fsp3) is 0.243. The second-order valence-corrected chi connectivity index (χ2v) is 35.2. The first kappa shape index (κ1) is 98.0. The monoisotopic (exact) mass is 2240 g/mol. The van der Waals surface area contributed by atoms with Crippen molar-refractivity contribution in [2.45, 2.75) is 174 Å². The quantitative estimate of drug-likeness (QED) is 0.0652. The second-order valence-electron chi connectivity index (χ2n) is 35.2. The van der Waals surface area contributed by atoms with Gasteiger partial charge in [0.25, 0.3) is 0 Å². The molecule has 18 nitrogen and oxygen atoms in total. The smallest absolute Gasteiger partial charge is 0.216 e. The maximum Gasteiger partial charge on any atom is 0.216 e. The number of carbonyl (C=O) groups is 3. The number of hydrogen-bond acceptors (Lipinski definition) is 18. The molecule has 21 heteroatoms. The number of pyridine rings is 6. The van der Waals surface area contributed by atoms with Gasteiger partial charge in [0.2, 0.25) is 17.1 Å². The van der Waals surface area contributed by atoms with Gasteiger partial charge in [-0.3, -0.25) is 14.4 Å². The van der Waals surface area contributed by atoms with Crippen LogP contribution in [0, 0.1) is 52.8 Å². The van der Waals surface area contributed by atoms with Gasteiger partial charge in [-0.1, -0.05) is 151 Å². The standard InChI is InChI=1S/C33H31N2O2.C31H27N2O2.C28H21N2O2.3C5H8O2.3Ir/c1-19-11-12-25-24-9-8-10-26(30(24)37-31(25)35-19)27-17-29-21(18-34-27)15-28(36-29)20-13-22(32(2,3)4)16-23(14-20)33(5,6)7;1-17-12-21(31(4,5)6)13-18(2)28(17)27-14-20-16-32-25(15-26(20)34-27)24-9-7-8-22-23-11-10-19(3)33-30(23)35-29(22)24;1-16(2)18-8-10-19(11-9-18)25-13-20-15-29-24(14-26(20)31-25)23-6-4-5-21-22-12-7-17(3)30-28(22)32-27(21)23;3*1-4(6)3-5(2)7;;;/h8-9,11-18H,1-7H3;7-8,10-16H,1-6H3;4-5,7-16H,1-3H3;3*3,6H,1-2H3;;;/q3*-1;;;;;;. The van der Waals surface area contributed by atoms with Gasteiger partial charge < -0.3 is 56.8 Å². The molecule has 0 fully saturated rings. The number of ketones is 3. The molecule has 0 saturated carbocycles. The Morgan fingerprint density at radius 3 is 0.961 bits per heavy atom. The number of aliphatic hydroxyl groups excluding tert-OH is 3. The van der Waals surface area contributed by atoms with Crippen LogP contribution < -0.4 is 0 Å². The summed E-state index contributed by atoms with van der Waals surface area (Å²) in [5, 5.41) is 34.0. The van der Waals surface area contributed by atoms with E-state index in [-0.39, 0.29) is 111 Å². The molecule has 12 aromatic heterocycles. The Kier molecular flexibility index (Phi) is 31.0. The molecule has 0 aliphatic carbocycles. The largest absolute Gasteiger partial charge is 0.512 e. The molecule has 18 rings (SSSR count). The van der Waals surface area contributed by atoms with Gasteiger partial charge in [0.05, 0.1) is 34.0 Å². The molecule has 3 N–H and O–H groups in total. The van der Waals surface area contributed by atoms with Crippen molar-refractivity contribution >= 4 is 116 Å². The van der Waals surface area contributed by atoms with Crippen molar-refractivity contribution in [2.24, 2.45) is 0 Å². The van der Waals surface area contributed by atoms with E-state index in [1.165, 1.54) is 93.2 Å². The zero-order valence-corrected chi connectivity index (χ0v) is 83.0. The van der Waals surface area contributed by atoms with Gasteiger partial charge in [-0.25, -0.2) is 15.0 Å². The van der Waals surface area contributed by atoms with Crippen LogP contribution in [0.25, 0.3) is 167 Å². The third-order valence-electron chi connectivity index (χ3n) is 21.0. The summed E-state index contributed by atoms with van der Waals surface area (Å²) >= 11 is 0. The number of carbonyl (C=O) groups excluding carboxylic acids is 3. The molecule has 12 heterocycles. The number of hydrogen-bond donors (Lipinski definition) is 3. The van der Waals surface area contributed by atoms with E-state index in [2.05, 4.69) is 207 Å². The Morgan fingerprint density at radius 2 is 0.664 bits per heavy atom. The molecule has 128 heavy (non-hydrogen) atoms. The van der Waals surface area contributed by atoms with Crippen LogP contribution in [-0.2, 0) is 90.9 Å². The molecule has 0 unspecified atom stereocenters. The molecular weight excluding hydrogens is 2140 g/mol. The van der Waals surface area contributed by atoms with Crippen LogP contribution in [-0.4, -0.2) is 62.6 Å². The molecular formula is C107H103Ir3N6O12-3. The summed E-state index contributed by atoms with van der Waals surface area (Å²) in [5.74, 6) is 2.85. The molecule has 0 spiro atoms. The number of fused-ring (bicyclic) bond motifs is 12. The van der Waals surface area contributed by atoms with E-state index in [4.69, 9.17) is 51.8 Å². The summed E-state index contributed by atoms with van der Waals surface area (Å²) in [6, 6.07) is 65.9. The number of benzene rings is 6. The first-order valence-electron chi connectivity index (χ1n) is 41.4. The molecule has 18 aromatic rings. The first-order valence-corrected chi connectivity index (χ1v) is 41.4. The van der Waals surface area contributed by atoms with Crippen molar-refractivity contribution in [3.63, 3.8) is 0 Å². The first-order chi connectivity index (χ1) is 59.1. The summed E-state index contributed by atoms with van der Waals surface area (Å²) in [6.45, 7) is 43.3. The molecule has 6 aromatic carbocycles. The van der Waals surface area contributed by atoms with Crippen LogP contribution in [0.3, 0.4) is 0 Å². The van der Waals surface area contributed by atoms with E-state index < -0.39 is 0 Å². The van der Waals surface area contributed by atoms with Gasteiger partial charge in [-0.05, 0) is 234 Å². The van der Waals surface area contributed by atoms with Gasteiger partial charge in [0.15, 0.2) is 17.3 Å². The van der Waals surface area contributed by atoms with Crippen molar-refractivity contribution in [1.82, 2.24) is 29.9 Å². The number of nitrogens with zero attached hydrogens (tertiary/aromatic N) is 6. The molecule has 0 amide bonds.